The van der Waals surface area contributed by atoms with Crippen molar-refractivity contribution in [1.82, 2.24) is 10.3 Å². The molecule has 5 heteroatoms. The van der Waals surface area contributed by atoms with Crippen LogP contribution in [0.3, 0.4) is 0 Å². The third kappa shape index (κ3) is 4.76. The number of halogens is 1. The number of hydrogen-bond acceptors (Lipinski definition) is 4. The minimum atomic E-state index is 0.607. The Bertz CT molecular complexity index is 555. The van der Waals surface area contributed by atoms with Crippen LogP contribution < -0.4 is 10.2 Å². The van der Waals surface area contributed by atoms with Gasteiger partial charge in [0.05, 0.1) is 23.2 Å². The molecule has 0 saturated heterocycles. The molecule has 0 saturated carbocycles. The van der Waals surface area contributed by atoms with Gasteiger partial charge in [-0.2, -0.15) is 0 Å². The predicted octanol–water partition coefficient (Wildman–Crippen LogP) is 3.71. The Morgan fingerprint density at radius 1 is 1.33 bits per heavy atom. The molecule has 0 aliphatic carbocycles. The van der Waals surface area contributed by atoms with E-state index in [1.165, 1.54) is 0 Å². The van der Waals surface area contributed by atoms with Crippen LogP contribution in [0.2, 0.25) is 5.02 Å². The van der Waals surface area contributed by atoms with Gasteiger partial charge in [0.25, 0.3) is 0 Å². The molecule has 0 fully saturated rings. The molecule has 0 amide bonds. The molecule has 2 heterocycles. The summed E-state index contributed by atoms with van der Waals surface area (Å²) in [5.41, 5.74) is 2.00. The fourth-order valence-corrected chi connectivity index (χ4v) is 2.20. The van der Waals surface area contributed by atoms with Gasteiger partial charge in [0.1, 0.15) is 5.82 Å². The van der Waals surface area contributed by atoms with Gasteiger partial charge in [0.15, 0.2) is 0 Å². The summed E-state index contributed by atoms with van der Waals surface area (Å²) >= 11 is 6.22. The van der Waals surface area contributed by atoms with Crippen LogP contribution >= 0.6 is 11.6 Å². The third-order valence-electron chi connectivity index (χ3n) is 3.14. The highest BCUT2D eigenvalue weighted by molar-refractivity contribution is 6.31. The first-order valence-corrected chi connectivity index (χ1v) is 7.52. The lowest BCUT2D eigenvalue weighted by molar-refractivity contribution is 0.548. The van der Waals surface area contributed by atoms with Crippen molar-refractivity contribution in [3.63, 3.8) is 0 Å². The summed E-state index contributed by atoms with van der Waals surface area (Å²) in [6.45, 7) is 6.75. The van der Waals surface area contributed by atoms with Crippen molar-refractivity contribution in [2.45, 2.75) is 26.9 Å². The maximum absolute atomic E-state index is 6.22. The van der Waals surface area contributed by atoms with Crippen LogP contribution in [0, 0.1) is 5.92 Å². The molecule has 0 radical (unpaired) electrons. The van der Waals surface area contributed by atoms with Gasteiger partial charge in [-0.25, -0.2) is 4.98 Å². The van der Waals surface area contributed by atoms with E-state index in [9.17, 15) is 0 Å². The van der Waals surface area contributed by atoms with E-state index in [2.05, 4.69) is 29.0 Å². The molecule has 4 nitrogen and oxygen atoms in total. The second-order valence-corrected chi connectivity index (χ2v) is 6.02. The molecule has 2 rings (SSSR count). The van der Waals surface area contributed by atoms with E-state index in [4.69, 9.17) is 16.0 Å². The van der Waals surface area contributed by atoms with E-state index in [0.717, 1.165) is 30.2 Å². The average molecular weight is 308 g/mol. The van der Waals surface area contributed by atoms with Crippen molar-refractivity contribution in [3.05, 3.63) is 47.0 Å². The predicted molar refractivity (Wildman–Crippen MR) is 86.6 cm³/mol. The molecule has 114 valence electrons. The summed E-state index contributed by atoms with van der Waals surface area (Å²) in [6, 6.07) is 5.80. The highest BCUT2D eigenvalue weighted by atomic mass is 35.5. The van der Waals surface area contributed by atoms with Gasteiger partial charge in [-0.3, -0.25) is 0 Å². The van der Waals surface area contributed by atoms with E-state index in [0.29, 0.717) is 17.5 Å². The first kappa shape index (κ1) is 15.9. The molecule has 0 atom stereocenters. The van der Waals surface area contributed by atoms with Crippen LogP contribution in [-0.4, -0.2) is 18.6 Å². The highest BCUT2D eigenvalue weighted by Crippen LogP contribution is 2.20. The second-order valence-electron chi connectivity index (χ2n) is 5.61. The monoisotopic (exact) mass is 307 g/mol. The Morgan fingerprint density at radius 2 is 2.14 bits per heavy atom. The van der Waals surface area contributed by atoms with Gasteiger partial charge in [-0.05, 0) is 30.7 Å². The number of anilines is 1. The number of pyridine rings is 1. The van der Waals surface area contributed by atoms with Gasteiger partial charge >= 0.3 is 0 Å². The summed E-state index contributed by atoms with van der Waals surface area (Å²) in [4.78, 5) is 6.73. The van der Waals surface area contributed by atoms with Crippen LogP contribution in [0.5, 0.6) is 0 Å². The second kappa shape index (κ2) is 7.48. The van der Waals surface area contributed by atoms with E-state index in [-0.39, 0.29) is 0 Å². The van der Waals surface area contributed by atoms with Gasteiger partial charge in [-0.1, -0.05) is 25.4 Å². The van der Waals surface area contributed by atoms with Crippen molar-refractivity contribution >= 4 is 17.4 Å². The topological polar surface area (TPSA) is 41.3 Å². The fourth-order valence-electron chi connectivity index (χ4n) is 2.03. The number of hydrogen-bond donors (Lipinski definition) is 1. The number of nitrogens with zero attached hydrogens (tertiary/aromatic N) is 2. The Labute approximate surface area is 131 Å². The Morgan fingerprint density at radius 3 is 2.81 bits per heavy atom. The van der Waals surface area contributed by atoms with Gasteiger partial charge in [0, 0.05) is 25.7 Å². The molecular weight excluding hydrogens is 286 g/mol. The zero-order valence-corrected chi connectivity index (χ0v) is 13.5. The van der Waals surface area contributed by atoms with E-state index in [1.54, 1.807) is 12.5 Å². The first-order chi connectivity index (χ1) is 10.1. The third-order valence-corrected chi connectivity index (χ3v) is 3.48. The van der Waals surface area contributed by atoms with Gasteiger partial charge < -0.3 is 14.6 Å². The Balaban J connectivity index is 2.03. The largest absolute Gasteiger partial charge is 0.472 e. The number of rotatable bonds is 7. The lowest BCUT2D eigenvalue weighted by atomic mass is 10.2. The molecule has 0 aromatic carbocycles. The van der Waals surface area contributed by atoms with Gasteiger partial charge in [-0.15, -0.1) is 0 Å². The zero-order valence-electron chi connectivity index (χ0n) is 12.8. The Kier molecular flexibility index (Phi) is 5.65. The quantitative estimate of drug-likeness (QED) is 0.846. The van der Waals surface area contributed by atoms with Crippen LogP contribution in [0.4, 0.5) is 5.82 Å². The van der Waals surface area contributed by atoms with Crippen molar-refractivity contribution in [2.24, 2.45) is 5.92 Å². The summed E-state index contributed by atoms with van der Waals surface area (Å²) in [6.07, 6.45) is 3.43. The smallest absolute Gasteiger partial charge is 0.129 e. The van der Waals surface area contributed by atoms with Crippen LogP contribution in [0.15, 0.2) is 35.1 Å². The summed E-state index contributed by atoms with van der Waals surface area (Å²) in [7, 11) is 2.01. The molecule has 0 bridgehead atoms. The molecule has 21 heavy (non-hydrogen) atoms. The van der Waals surface area contributed by atoms with Crippen molar-refractivity contribution in [2.75, 3.05) is 18.5 Å². The minimum absolute atomic E-state index is 0.607. The summed E-state index contributed by atoms with van der Waals surface area (Å²) < 4.78 is 5.09. The van der Waals surface area contributed by atoms with Crippen LogP contribution in [-0.2, 0) is 13.1 Å². The fraction of sp³-hybridized carbons (Fsp3) is 0.438. The van der Waals surface area contributed by atoms with Crippen LogP contribution in [0.25, 0.3) is 0 Å². The minimum Gasteiger partial charge on any atom is -0.472 e. The molecule has 1 N–H and O–H groups in total. The SMILES string of the molecule is CC(C)CNCc1nc(N(C)Cc2ccoc2)ccc1Cl. The molecular formula is C16H22ClN3O. The van der Waals surface area contributed by atoms with Crippen molar-refractivity contribution in [3.8, 4) is 0 Å². The molecule has 2 aromatic heterocycles. The average Bonchev–Trinajstić information content (AvgIpc) is 2.93. The zero-order chi connectivity index (χ0) is 15.2. The molecule has 2 aromatic rings. The summed E-state index contributed by atoms with van der Waals surface area (Å²) in [5.74, 6) is 1.51. The molecule has 0 unspecified atom stereocenters. The normalized spacial score (nSPS) is 11.1. The maximum Gasteiger partial charge on any atom is 0.129 e. The number of furan rings is 1. The van der Waals surface area contributed by atoms with Crippen molar-refractivity contribution < 1.29 is 4.42 Å². The highest BCUT2D eigenvalue weighted by Gasteiger charge is 2.09. The lowest BCUT2D eigenvalue weighted by Crippen LogP contribution is -2.22. The van der Waals surface area contributed by atoms with Crippen molar-refractivity contribution in [1.29, 1.82) is 0 Å². The molecule has 0 aliphatic heterocycles. The van der Waals surface area contributed by atoms with Gasteiger partial charge in [0.2, 0.25) is 0 Å². The first-order valence-electron chi connectivity index (χ1n) is 7.14. The molecule has 0 spiro atoms. The standard InChI is InChI=1S/C16H22ClN3O/c1-12(2)8-18-9-15-14(17)4-5-16(19-15)20(3)10-13-6-7-21-11-13/h4-7,11-12,18H,8-10H2,1-3H3. The van der Waals surface area contributed by atoms with E-state index >= 15 is 0 Å². The van der Waals surface area contributed by atoms with Crippen LogP contribution in [0.1, 0.15) is 25.1 Å². The number of nitrogens with one attached hydrogen (secondary N) is 1. The van der Waals surface area contributed by atoms with E-state index < -0.39 is 0 Å². The lowest BCUT2D eigenvalue weighted by Gasteiger charge is -2.18. The van der Waals surface area contributed by atoms with E-state index in [1.807, 2.05) is 25.2 Å². The Hall–Kier alpha value is -1.52. The maximum atomic E-state index is 6.22. The number of aromatic nitrogens is 1. The molecule has 0 aliphatic rings. The summed E-state index contributed by atoms with van der Waals surface area (Å²) in [5, 5.41) is 4.07.